The number of hydrogen-bond donors (Lipinski definition) is 3. The van der Waals surface area contributed by atoms with Gasteiger partial charge in [-0.2, -0.15) is 12.6 Å². The minimum Gasteiger partial charge on any atom is -0.481 e. The monoisotopic (exact) mass is 263 g/mol. The van der Waals surface area contributed by atoms with Crippen molar-refractivity contribution in [2.24, 2.45) is 0 Å². The molecule has 0 heterocycles. The van der Waals surface area contributed by atoms with Crippen molar-refractivity contribution in [3.63, 3.8) is 0 Å². The Morgan fingerprint density at radius 2 is 1.59 bits per heavy atom. The predicted octanol–water partition coefficient (Wildman–Crippen LogP) is 0.471. The number of carboxylic acid groups (broad SMARTS) is 2. The summed E-state index contributed by atoms with van der Waals surface area (Å²) in [5.41, 5.74) is -1.59. The summed E-state index contributed by atoms with van der Waals surface area (Å²) in [6, 6.07) is 0. The molecule has 17 heavy (non-hydrogen) atoms. The summed E-state index contributed by atoms with van der Waals surface area (Å²) in [5.74, 6) is -3.31. The molecule has 0 bridgehead atoms. The maximum Gasteiger partial charge on any atom is 0.330 e. The van der Waals surface area contributed by atoms with E-state index in [9.17, 15) is 19.5 Å². The molecule has 0 saturated heterocycles. The number of amides is 1. The minimum absolute atomic E-state index is 0.747. The lowest BCUT2D eigenvalue weighted by Crippen LogP contribution is -2.63. The summed E-state index contributed by atoms with van der Waals surface area (Å²) in [4.78, 5) is 34.3. The largest absolute Gasteiger partial charge is 0.481 e. The number of aliphatic carboxylic acids is 2. The highest BCUT2D eigenvalue weighted by atomic mass is 32.1. The van der Waals surface area contributed by atoms with Crippen LogP contribution in [0.25, 0.3) is 0 Å². The molecule has 0 aromatic heterocycles. The second-order valence-electron chi connectivity index (χ2n) is 4.46. The van der Waals surface area contributed by atoms with Gasteiger partial charge in [-0.05, 0) is 20.8 Å². The topological polar surface area (TPSA) is 94.9 Å². The van der Waals surface area contributed by atoms with Crippen LogP contribution in [0.1, 0.15) is 27.2 Å². The molecule has 2 N–H and O–H groups in total. The standard InChI is InChI=1S/C10H17NO5S/c1-9(2,17)10(3,8(15)16)11(4)6(12)5-7(13)14/h17H,5H2,1-4H3,(H,13,14)(H,15,16)/t10-/m1/s1. The predicted molar refractivity (Wildman–Crippen MR) is 64.1 cm³/mol. The quantitative estimate of drug-likeness (QED) is 0.495. The van der Waals surface area contributed by atoms with Crippen molar-refractivity contribution in [3.8, 4) is 0 Å². The SMILES string of the molecule is CN(C(=O)CC(=O)O)[C@](C)(C(=O)O)C(C)(C)S. The zero-order valence-corrected chi connectivity index (χ0v) is 11.1. The third kappa shape index (κ3) is 3.12. The molecule has 0 spiro atoms. The Bertz CT molecular complexity index is 349. The van der Waals surface area contributed by atoms with Gasteiger partial charge in [0.15, 0.2) is 5.54 Å². The highest BCUT2D eigenvalue weighted by molar-refractivity contribution is 7.81. The molecule has 98 valence electrons. The van der Waals surface area contributed by atoms with E-state index in [1.807, 2.05) is 0 Å². The Hall–Kier alpha value is -1.24. The molecule has 7 heteroatoms. The molecule has 0 unspecified atom stereocenters. The number of carbonyl (C=O) groups is 3. The average molecular weight is 263 g/mol. The van der Waals surface area contributed by atoms with Crippen molar-refractivity contribution >= 4 is 30.5 Å². The van der Waals surface area contributed by atoms with Gasteiger partial charge in [-0.15, -0.1) is 0 Å². The van der Waals surface area contributed by atoms with Gasteiger partial charge >= 0.3 is 11.9 Å². The molecule has 0 fully saturated rings. The number of carbonyl (C=O) groups excluding carboxylic acids is 1. The zero-order chi connectivity index (χ0) is 14.0. The van der Waals surface area contributed by atoms with Crippen LogP contribution in [0.5, 0.6) is 0 Å². The van der Waals surface area contributed by atoms with Crippen molar-refractivity contribution in [3.05, 3.63) is 0 Å². The second-order valence-corrected chi connectivity index (χ2v) is 5.58. The number of carboxylic acids is 2. The van der Waals surface area contributed by atoms with Crippen LogP contribution in [-0.2, 0) is 14.4 Å². The lowest BCUT2D eigenvalue weighted by atomic mass is 9.85. The summed E-state index contributed by atoms with van der Waals surface area (Å²) in [5, 5.41) is 17.8. The van der Waals surface area contributed by atoms with E-state index < -0.39 is 34.6 Å². The minimum atomic E-state index is -1.59. The molecular formula is C10H17NO5S. The number of thiol groups is 1. The third-order valence-electron chi connectivity index (χ3n) is 2.96. The summed E-state index contributed by atoms with van der Waals surface area (Å²) in [6.45, 7) is 4.44. The maximum absolute atomic E-state index is 11.6. The van der Waals surface area contributed by atoms with Gasteiger partial charge in [-0.1, -0.05) is 0 Å². The van der Waals surface area contributed by atoms with Gasteiger partial charge in [0.2, 0.25) is 5.91 Å². The van der Waals surface area contributed by atoms with E-state index in [2.05, 4.69) is 12.6 Å². The van der Waals surface area contributed by atoms with Gasteiger partial charge in [-0.3, -0.25) is 9.59 Å². The molecule has 0 saturated carbocycles. The molecule has 0 aliphatic heterocycles. The zero-order valence-electron chi connectivity index (χ0n) is 10.2. The van der Waals surface area contributed by atoms with Crippen LogP contribution < -0.4 is 0 Å². The lowest BCUT2D eigenvalue weighted by Gasteiger charge is -2.43. The van der Waals surface area contributed by atoms with Gasteiger partial charge in [0.1, 0.15) is 6.42 Å². The van der Waals surface area contributed by atoms with Crippen LogP contribution in [0, 0.1) is 0 Å². The smallest absolute Gasteiger partial charge is 0.330 e. The van der Waals surface area contributed by atoms with Crippen molar-refractivity contribution in [2.45, 2.75) is 37.5 Å². The van der Waals surface area contributed by atoms with Crippen LogP contribution in [0.15, 0.2) is 0 Å². The molecule has 0 aromatic rings. The Morgan fingerprint density at radius 3 is 1.82 bits per heavy atom. The van der Waals surface area contributed by atoms with Gasteiger partial charge in [0.25, 0.3) is 0 Å². The first-order valence-corrected chi connectivity index (χ1v) is 5.33. The molecule has 0 radical (unpaired) electrons. The van der Waals surface area contributed by atoms with Crippen LogP contribution in [0.2, 0.25) is 0 Å². The van der Waals surface area contributed by atoms with Crippen LogP contribution in [0.4, 0.5) is 0 Å². The first-order chi connectivity index (χ1) is 7.44. The molecule has 0 aliphatic carbocycles. The van der Waals surface area contributed by atoms with Crippen LogP contribution >= 0.6 is 12.6 Å². The van der Waals surface area contributed by atoms with Gasteiger partial charge in [-0.25, -0.2) is 4.79 Å². The van der Waals surface area contributed by atoms with E-state index in [0.29, 0.717) is 0 Å². The lowest BCUT2D eigenvalue weighted by molar-refractivity contribution is -0.160. The molecule has 0 rings (SSSR count). The molecule has 6 nitrogen and oxygen atoms in total. The van der Waals surface area contributed by atoms with E-state index in [1.165, 1.54) is 14.0 Å². The summed E-state index contributed by atoms with van der Waals surface area (Å²) in [7, 11) is 1.26. The number of nitrogens with zero attached hydrogens (tertiary/aromatic N) is 1. The van der Waals surface area contributed by atoms with Crippen LogP contribution in [-0.4, -0.2) is 50.3 Å². The second kappa shape index (κ2) is 4.95. The summed E-state index contributed by atoms with van der Waals surface area (Å²) in [6.07, 6.45) is -0.747. The van der Waals surface area contributed by atoms with Crippen molar-refractivity contribution < 1.29 is 24.6 Å². The fourth-order valence-corrected chi connectivity index (χ4v) is 1.56. The Morgan fingerprint density at radius 1 is 1.18 bits per heavy atom. The fraction of sp³-hybridized carbons (Fsp3) is 0.700. The van der Waals surface area contributed by atoms with E-state index in [0.717, 1.165) is 4.90 Å². The van der Waals surface area contributed by atoms with Crippen LogP contribution in [0.3, 0.4) is 0 Å². The van der Waals surface area contributed by atoms with Gasteiger partial charge < -0.3 is 15.1 Å². The number of likely N-dealkylation sites (N-methyl/N-ethyl adjacent to an activating group) is 1. The molecule has 0 aromatic carbocycles. The summed E-state index contributed by atoms with van der Waals surface area (Å²) < 4.78 is -1.03. The van der Waals surface area contributed by atoms with E-state index in [1.54, 1.807) is 13.8 Å². The van der Waals surface area contributed by atoms with Crippen molar-refractivity contribution in [1.29, 1.82) is 0 Å². The van der Waals surface area contributed by atoms with E-state index >= 15 is 0 Å². The number of rotatable bonds is 5. The third-order valence-corrected chi connectivity index (χ3v) is 3.39. The highest BCUT2D eigenvalue weighted by Crippen LogP contribution is 2.33. The highest BCUT2D eigenvalue weighted by Gasteiger charge is 2.50. The molecule has 1 atom stereocenters. The average Bonchev–Trinajstić information content (AvgIpc) is 2.11. The van der Waals surface area contributed by atoms with E-state index in [-0.39, 0.29) is 0 Å². The number of hydrogen-bond acceptors (Lipinski definition) is 4. The van der Waals surface area contributed by atoms with E-state index in [4.69, 9.17) is 5.11 Å². The normalized spacial score (nSPS) is 14.9. The molecule has 0 aliphatic rings. The Labute approximate surface area is 105 Å². The first-order valence-electron chi connectivity index (χ1n) is 4.88. The molecule has 1 amide bonds. The Kier molecular flexibility index (Phi) is 4.59. The van der Waals surface area contributed by atoms with Crippen molar-refractivity contribution in [1.82, 2.24) is 4.90 Å². The van der Waals surface area contributed by atoms with Gasteiger partial charge in [0.05, 0.1) is 0 Å². The fourth-order valence-electron chi connectivity index (χ4n) is 1.31. The maximum atomic E-state index is 11.6. The molecular weight excluding hydrogens is 246 g/mol. The van der Waals surface area contributed by atoms with Crippen molar-refractivity contribution in [2.75, 3.05) is 7.05 Å². The first kappa shape index (κ1) is 15.8. The Balaban J connectivity index is 5.30. The summed E-state index contributed by atoms with van der Waals surface area (Å²) >= 11 is 4.18. The van der Waals surface area contributed by atoms with Gasteiger partial charge in [0, 0.05) is 11.8 Å².